The smallest absolute Gasteiger partial charge is 0.342 e. The van der Waals surface area contributed by atoms with Crippen molar-refractivity contribution in [3.05, 3.63) is 91.0 Å². The summed E-state index contributed by atoms with van der Waals surface area (Å²) in [7, 11) is 0. The Hall–Kier alpha value is -1.94. The number of rotatable bonds is 7. The number of Topliss-reactive ketones (excluding diaryl/α,β-unsaturated/α-hetero) is 1. The number of hydrogen-bond donors (Lipinski definition) is 0. The Kier molecular flexibility index (Phi) is 7.14. The number of halogens is 2. The first-order valence-electron chi connectivity index (χ1n) is 10.9. The van der Waals surface area contributed by atoms with Crippen LogP contribution in [0.1, 0.15) is 13.8 Å². The van der Waals surface area contributed by atoms with E-state index < -0.39 is 16.1 Å². The van der Waals surface area contributed by atoms with Crippen LogP contribution in [0.15, 0.2) is 91.0 Å². The van der Waals surface area contributed by atoms with Crippen LogP contribution in [0.25, 0.3) is 0 Å². The molecule has 170 valence electrons. The standard InChI is InChI=1S/C27H25Br2O3P/c1-3-32-26(31)25(24(30)23-19(2)27(23,28)29)33(20-13-7-4-8-14-20,21-15-9-5-10-16-21)22-17-11-6-12-18-22/h4-19,23H,3H2,1-2H3/t19-,23+/m0/s1. The molecule has 1 aliphatic rings. The molecule has 3 aromatic rings. The first-order chi connectivity index (χ1) is 15.9. The van der Waals surface area contributed by atoms with Crippen molar-refractivity contribution in [2.24, 2.45) is 11.8 Å². The zero-order valence-electron chi connectivity index (χ0n) is 18.4. The number of carbonyl (C=O) groups excluding carboxylic acids is 2. The molecule has 0 saturated heterocycles. The Morgan fingerprint density at radius 2 is 1.18 bits per heavy atom. The van der Waals surface area contributed by atoms with E-state index in [1.165, 1.54) is 0 Å². The lowest BCUT2D eigenvalue weighted by molar-refractivity contribution is -0.135. The number of ether oxygens (including phenoxy) is 1. The molecule has 0 spiro atoms. The Morgan fingerprint density at radius 3 is 1.48 bits per heavy atom. The predicted molar refractivity (Wildman–Crippen MR) is 145 cm³/mol. The van der Waals surface area contributed by atoms with Gasteiger partial charge in [0.15, 0.2) is 5.78 Å². The van der Waals surface area contributed by atoms with Gasteiger partial charge in [-0.05, 0) is 35.6 Å². The maximum Gasteiger partial charge on any atom is 0.342 e. The van der Waals surface area contributed by atoms with Gasteiger partial charge in [0.1, 0.15) is 5.29 Å². The number of carbonyl (C=O) groups is 2. The summed E-state index contributed by atoms with van der Waals surface area (Å²) in [5.74, 6) is -1.03. The van der Waals surface area contributed by atoms with Crippen molar-refractivity contribution in [3.63, 3.8) is 0 Å². The average molecular weight is 588 g/mol. The first kappa shape index (κ1) is 24.2. The van der Waals surface area contributed by atoms with Gasteiger partial charge in [0.2, 0.25) is 0 Å². The van der Waals surface area contributed by atoms with Crippen LogP contribution in [-0.2, 0) is 14.3 Å². The fourth-order valence-corrected chi connectivity index (χ4v) is 10.2. The van der Waals surface area contributed by atoms with Crippen molar-refractivity contribution in [1.82, 2.24) is 0 Å². The van der Waals surface area contributed by atoms with E-state index in [1.54, 1.807) is 6.92 Å². The highest BCUT2D eigenvalue weighted by Crippen LogP contribution is 2.63. The van der Waals surface area contributed by atoms with Crippen LogP contribution < -0.4 is 15.9 Å². The lowest BCUT2D eigenvalue weighted by atomic mass is 10.1. The molecule has 1 aliphatic carbocycles. The Balaban J connectivity index is 2.21. The fraction of sp³-hybridized carbons (Fsp3) is 0.222. The van der Waals surface area contributed by atoms with E-state index in [9.17, 15) is 9.59 Å². The van der Waals surface area contributed by atoms with Crippen molar-refractivity contribution in [3.8, 4) is 0 Å². The summed E-state index contributed by atoms with van der Waals surface area (Å²) >= 11 is 7.31. The fourth-order valence-electron chi connectivity index (χ4n) is 4.42. The third kappa shape index (κ3) is 4.20. The van der Waals surface area contributed by atoms with Gasteiger partial charge in [-0.15, -0.1) is 0 Å². The monoisotopic (exact) mass is 586 g/mol. The number of benzene rings is 3. The van der Waals surface area contributed by atoms with Crippen LogP contribution >= 0.6 is 38.7 Å². The van der Waals surface area contributed by atoms with Gasteiger partial charge < -0.3 is 4.74 Å². The SMILES string of the molecule is CCOC(=O)C(C(=O)[C@H]1[C@H](C)C1(Br)Br)=P(c1ccccc1)(c1ccccc1)c1ccccc1. The van der Waals surface area contributed by atoms with Crippen molar-refractivity contribution >= 4 is 71.7 Å². The summed E-state index contributed by atoms with van der Waals surface area (Å²) in [5.41, 5.74) is 0. The molecule has 4 rings (SSSR count). The second kappa shape index (κ2) is 9.74. The zero-order valence-corrected chi connectivity index (χ0v) is 22.5. The highest BCUT2D eigenvalue weighted by molar-refractivity contribution is 9.25. The van der Waals surface area contributed by atoms with Gasteiger partial charge in [-0.1, -0.05) is 130 Å². The van der Waals surface area contributed by atoms with E-state index in [0.717, 1.165) is 15.9 Å². The zero-order chi connectivity index (χ0) is 23.6. The third-order valence-corrected chi connectivity index (χ3v) is 12.9. The molecular formula is C27H25Br2O3P. The number of esters is 1. The van der Waals surface area contributed by atoms with Gasteiger partial charge in [-0.25, -0.2) is 4.79 Å². The molecule has 1 saturated carbocycles. The maximum atomic E-state index is 14.2. The van der Waals surface area contributed by atoms with Gasteiger partial charge in [0.05, 0.1) is 15.8 Å². The van der Waals surface area contributed by atoms with Crippen molar-refractivity contribution < 1.29 is 14.3 Å². The van der Waals surface area contributed by atoms with Gasteiger partial charge in [-0.2, -0.15) is 0 Å². The summed E-state index contributed by atoms with van der Waals surface area (Å²) in [5, 5.41) is 3.08. The van der Waals surface area contributed by atoms with Crippen molar-refractivity contribution in [2.75, 3.05) is 6.61 Å². The molecule has 0 amide bonds. The number of ketones is 1. The second-order valence-corrected chi connectivity index (χ2v) is 15.1. The van der Waals surface area contributed by atoms with Crippen LogP contribution in [-0.4, -0.2) is 26.9 Å². The molecule has 2 atom stereocenters. The summed E-state index contributed by atoms with van der Waals surface area (Å²) in [6.45, 7) is 1.12. The quantitative estimate of drug-likeness (QED) is 0.168. The molecule has 33 heavy (non-hydrogen) atoms. The molecule has 0 heterocycles. The van der Waals surface area contributed by atoms with Crippen molar-refractivity contribution in [2.45, 2.75) is 17.1 Å². The Bertz CT molecular complexity index is 1100. The molecule has 0 N–H and O–H groups in total. The van der Waals surface area contributed by atoms with E-state index in [-0.39, 0.29) is 29.5 Å². The molecule has 6 heteroatoms. The van der Waals surface area contributed by atoms with Gasteiger partial charge in [-0.3, -0.25) is 4.79 Å². The molecule has 0 aromatic heterocycles. The topological polar surface area (TPSA) is 43.4 Å². The predicted octanol–water partition coefficient (Wildman–Crippen LogP) is 5.04. The molecule has 1 fully saturated rings. The van der Waals surface area contributed by atoms with Crippen LogP contribution in [0.5, 0.6) is 0 Å². The Labute approximate surface area is 211 Å². The minimum absolute atomic E-state index is 0.0404. The molecule has 0 aliphatic heterocycles. The second-order valence-electron chi connectivity index (χ2n) is 8.05. The summed E-state index contributed by atoms with van der Waals surface area (Å²) in [4.78, 5) is 28.0. The lowest BCUT2D eigenvalue weighted by Crippen LogP contribution is -2.39. The van der Waals surface area contributed by atoms with E-state index in [1.807, 2.05) is 97.9 Å². The van der Waals surface area contributed by atoms with Gasteiger partial charge in [0.25, 0.3) is 0 Å². The van der Waals surface area contributed by atoms with Crippen LogP contribution in [0, 0.1) is 11.8 Å². The van der Waals surface area contributed by atoms with E-state index in [2.05, 4.69) is 31.9 Å². The van der Waals surface area contributed by atoms with E-state index >= 15 is 0 Å². The first-order valence-corrected chi connectivity index (χ1v) is 14.3. The minimum atomic E-state index is -2.85. The van der Waals surface area contributed by atoms with Crippen LogP contribution in [0.4, 0.5) is 0 Å². The lowest BCUT2D eigenvalue weighted by Gasteiger charge is -2.31. The molecule has 3 aromatic carbocycles. The largest absolute Gasteiger partial charge is 0.462 e. The molecule has 0 unspecified atom stereocenters. The number of alkyl halides is 2. The Morgan fingerprint density at radius 1 is 0.818 bits per heavy atom. The van der Waals surface area contributed by atoms with E-state index in [4.69, 9.17) is 4.74 Å². The van der Waals surface area contributed by atoms with Crippen molar-refractivity contribution in [1.29, 1.82) is 0 Å². The third-order valence-electron chi connectivity index (χ3n) is 6.16. The van der Waals surface area contributed by atoms with Gasteiger partial charge >= 0.3 is 5.97 Å². The molecule has 0 radical (unpaired) electrons. The van der Waals surface area contributed by atoms with Gasteiger partial charge in [0, 0.05) is 0 Å². The normalized spacial score (nSPS) is 18.9. The summed E-state index contributed by atoms with van der Waals surface area (Å²) in [6.07, 6.45) is 0. The average Bonchev–Trinajstić information content (AvgIpc) is 3.35. The highest BCUT2D eigenvalue weighted by atomic mass is 79.9. The molecule has 0 bridgehead atoms. The maximum absolute atomic E-state index is 14.2. The summed E-state index contributed by atoms with van der Waals surface area (Å²) in [6, 6.07) is 29.7. The highest BCUT2D eigenvalue weighted by Gasteiger charge is 2.64. The molecular weight excluding hydrogens is 563 g/mol. The molecule has 3 nitrogen and oxygen atoms in total. The summed E-state index contributed by atoms with van der Waals surface area (Å²) < 4.78 is 5.06. The van der Waals surface area contributed by atoms with E-state index in [0.29, 0.717) is 0 Å². The van der Waals surface area contributed by atoms with Crippen LogP contribution in [0.3, 0.4) is 0 Å². The number of hydrogen-bond acceptors (Lipinski definition) is 3. The minimum Gasteiger partial charge on any atom is -0.462 e. The van der Waals surface area contributed by atoms with Crippen LogP contribution in [0.2, 0.25) is 0 Å².